The highest BCUT2D eigenvalue weighted by atomic mass is 32.2. The molecule has 0 aliphatic rings. The molecule has 1 heterocycles. The number of carboxylic acids is 1. The van der Waals surface area contributed by atoms with E-state index in [4.69, 9.17) is 15.9 Å². The monoisotopic (exact) mass is 486 g/mol. The molecule has 8 N–H and O–H groups in total. The molecule has 0 saturated carbocycles. The molecule has 0 aliphatic heterocycles. The van der Waals surface area contributed by atoms with Crippen LogP contribution in [0.15, 0.2) is 12.5 Å². The highest BCUT2D eigenvalue weighted by Crippen LogP contribution is 2.08. The van der Waals surface area contributed by atoms with E-state index in [-0.39, 0.29) is 18.8 Å². The fourth-order valence-corrected chi connectivity index (χ4v) is 3.41. The summed E-state index contributed by atoms with van der Waals surface area (Å²) in [4.78, 5) is 56.0. The third-order valence-corrected chi connectivity index (χ3v) is 5.36. The number of aliphatic hydroxyl groups excluding tert-OH is 1. The van der Waals surface area contributed by atoms with Crippen molar-refractivity contribution in [2.45, 2.75) is 57.3 Å². The van der Waals surface area contributed by atoms with Crippen LogP contribution in [0.4, 0.5) is 0 Å². The molecule has 0 spiro atoms. The number of nitrogens with two attached hydrogens (primary N) is 1. The van der Waals surface area contributed by atoms with Gasteiger partial charge in [-0.3, -0.25) is 14.4 Å². The zero-order valence-corrected chi connectivity index (χ0v) is 19.9. The maximum Gasteiger partial charge on any atom is 0.328 e. The second-order valence-corrected chi connectivity index (χ2v) is 8.99. The molecule has 33 heavy (non-hydrogen) atoms. The third kappa shape index (κ3) is 10.2. The molecule has 0 saturated heterocycles. The maximum atomic E-state index is 13.0. The molecule has 12 nitrogen and oxygen atoms in total. The number of carbonyl (C=O) groups is 4. The highest BCUT2D eigenvalue weighted by molar-refractivity contribution is 7.98. The van der Waals surface area contributed by atoms with Crippen LogP contribution in [0.25, 0.3) is 0 Å². The van der Waals surface area contributed by atoms with Crippen LogP contribution < -0.4 is 21.7 Å². The Morgan fingerprint density at radius 3 is 2.21 bits per heavy atom. The molecular weight excluding hydrogens is 452 g/mol. The van der Waals surface area contributed by atoms with E-state index in [9.17, 15) is 19.2 Å². The quantitative estimate of drug-likeness (QED) is 0.156. The van der Waals surface area contributed by atoms with Crippen molar-refractivity contribution in [3.05, 3.63) is 18.2 Å². The van der Waals surface area contributed by atoms with Gasteiger partial charge in [0.15, 0.2) is 0 Å². The van der Waals surface area contributed by atoms with Crippen molar-refractivity contribution in [2.75, 3.05) is 18.6 Å². The van der Waals surface area contributed by atoms with Crippen LogP contribution >= 0.6 is 11.8 Å². The van der Waals surface area contributed by atoms with Crippen LogP contribution in [0.5, 0.6) is 0 Å². The van der Waals surface area contributed by atoms with Crippen molar-refractivity contribution < 1.29 is 29.4 Å². The standard InChI is InChI=1S/C20H34N6O6S/c1-11(2)6-15(25-17(28)13(21)7-12-8-22-10-23-12)19(30)24-14(4-5-33-3)18(29)26-16(9-27)20(31)32/h8,10-11,13-16,27H,4-7,9,21H2,1-3H3,(H,22,23)(H,24,30)(H,25,28)(H,26,29)(H,31,32). The Morgan fingerprint density at radius 1 is 1.09 bits per heavy atom. The van der Waals surface area contributed by atoms with Gasteiger partial charge in [0.2, 0.25) is 17.7 Å². The lowest BCUT2D eigenvalue weighted by Crippen LogP contribution is -2.58. The molecule has 3 amide bonds. The molecule has 1 rings (SSSR count). The van der Waals surface area contributed by atoms with E-state index in [1.165, 1.54) is 18.1 Å². The van der Waals surface area contributed by atoms with Crippen LogP contribution in [0.1, 0.15) is 32.4 Å². The van der Waals surface area contributed by atoms with Crippen LogP contribution in [0, 0.1) is 5.92 Å². The summed E-state index contributed by atoms with van der Waals surface area (Å²) in [5.41, 5.74) is 6.64. The van der Waals surface area contributed by atoms with Crippen molar-refractivity contribution in [3.8, 4) is 0 Å². The van der Waals surface area contributed by atoms with Crippen molar-refractivity contribution >= 4 is 35.5 Å². The minimum absolute atomic E-state index is 0.0501. The number of hydrogen-bond acceptors (Lipinski definition) is 8. The minimum Gasteiger partial charge on any atom is -0.480 e. The number of rotatable bonds is 15. The second-order valence-electron chi connectivity index (χ2n) is 8.00. The van der Waals surface area contributed by atoms with Gasteiger partial charge in [-0.05, 0) is 30.8 Å². The van der Waals surface area contributed by atoms with Crippen molar-refractivity contribution in [3.63, 3.8) is 0 Å². The molecule has 4 unspecified atom stereocenters. The van der Waals surface area contributed by atoms with Crippen molar-refractivity contribution in [1.82, 2.24) is 25.9 Å². The average molecular weight is 487 g/mol. The lowest BCUT2D eigenvalue weighted by Gasteiger charge is -2.25. The van der Waals surface area contributed by atoms with Crippen LogP contribution in [-0.2, 0) is 25.6 Å². The molecule has 13 heteroatoms. The predicted octanol–water partition coefficient (Wildman–Crippen LogP) is -1.39. The first kappa shape index (κ1) is 28.4. The van der Waals surface area contributed by atoms with Gasteiger partial charge in [-0.25, -0.2) is 9.78 Å². The van der Waals surface area contributed by atoms with Crippen LogP contribution in [-0.4, -0.2) is 86.7 Å². The van der Waals surface area contributed by atoms with E-state index in [0.29, 0.717) is 17.9 Å². The Kier molecular flexibility index (Phi) is 12.5. The number of carbonyl (C=O) groups excluding carboxylic acids is 3. The zero-order chi connectivity index (χ0) is 25.0. The normalized spacial score (nSPS) is 14.7. The Bertz CT molecular complexity index is 775. The van der Waals surface area contributed by atoms with Gasteiger partial charge in [0.05, 0.1) is 19.0 Å². The number of aromatic amines is 1. The summed E-state index contributed by atoms with van der Waals surface area (Å²) in [6.45, 7) is 2.98. The Labute approximate surface area is 196 Å². The van der Waals surface area contributed by atoms with Crippen molar-refractivity contribution in [1.29, 1.82) is 0 Å². The van der Waals surface area contributed by atoms with Gasteiger partial charge in [-0.2, -0.15) is 11.8 Å². The predicted molar refractivity (Wildman–Crippen MR) is 123 cm³/mol. The number of hydrogen-bond donors (Lipinski definition) is 7. The molecule has 0 aliphatic carbocycles. The summed E-state index contributed by atoms with van der Waals surface area (Å²) in [6, 6.07) is -4.38. The number of aromatic nitrogens is 2. The van der Waals surface area contributed by atoms with E-state index >= 15 is 0 Å². The number of H-pyrrole nitrogens is 1. The summed E-state index contributed by atoms with van der Waals surface area (Å²) in [7, 11) is 0. The van der Waals surface area contributed by atoms with Gasteiger partial charge in [-0.15, -0.1) is 0 Å². The lowest BCUT2D eigenvalue weighted by molar-refractivity contribution is -0.143. The first-order chi connectivity index (χ1) is 15.6. The molecule has 0 aromatic carbocycles. The van der Waals surface area contributed by atoms with Gasteiger partial charge in [0, 0.05) is 18.3 Å². The number of imidazole rings is 1. The van der Waals surface area contributed by atoms with Crippen molar-refractivity contribution in [2.24, 2.45) is 11.7 Å². The number of carboxylic acid groups (broad SMARTS) is 1. The average Bonchev–Trinajstić information content (AvgIpc) is 3.26. The summed E-state index contributed by atoms with van der Waals surface area (Å²) in [5, 5.41) is 25.7. The first-order valence-corrected chi connectivity index (χ1v) is 11.9. The summed E-state index contributed by atoms with van der Waals surface area (Å²) < 4.78 is 0. The number of aliphatic hydroxyl groups is 1. The van der Waals surface area contributed by atoms with E-state index in [0.717, 1.165) is 0 Å². The third-order valence-electron chi connectivity index (χ3n) is 4.71. The van der Waals surface area contributed by atoms with Gasteiger partial charge in [0.25, 0.3) is 0 Å². The fraction of sp³-hybridized carbons (Fsp3) is 0.650. The maximum absolute atomic E-state index is 13.0. The van der Waals surface area contributed by atoms with E-state index in [1.807, 2.05) is 20.1 Å². The molecule has 0 fully saturated rings. The molecule has 1 aromatic rings. The minimum atomic E-state index is -1.49. The zero-order valence-electron chi connectivity index (χ0n) is 19.0. The first-order valence-electron chi connectivity index (χ1n) is 10.6. The molecule has 186 valence electrons. The molecule has 1 aromatic heterocycles. The summed E-state index contributed by atoms with van der Waals surface area (Å²) >= 11 is 1.45. The van der Waals surface area contributed by atoms with E-state index < -0.39 is 54.5 Å². The molecule has 4 atom stereocenters. The SMILES string of the molecule is CSCCC(NC(=O)C(CC(C)C)NC(=O)C(N)Cc1cnc[nH]1)C(=O)NC(CO)C(=O)O. The number of aliphatic carboxylic acids is 1. The Balaban J connectivity index is 2.88. The van der Waals surface area contributed by atoms with E-state index in [1.54, 1.807) is 6.20 Å². The van der Waals surface area contributed by atoms with Gasteiger partial charge < -0.3 is 36.9 Å². The largest absolute Gasteiger partial charge is 0.480 e. The Hall–Kier alpha value is -2.64. The fourth-order valence-electron chi connectivity index (χ4n) is 2.94. The number of nitrogens with zero attached hydrogens (tertiary/aromatic N) is 1. The molecular formula is C20H34N6O6S. The van der Waals surface area contributed by atoms with Gasteiger partial charge >= 0.3 is 5.97 Å². The highest BCUT2D eigenvalue weighted by Gasteiger charge is 2.30. The molecule has 0 radical (unpaired) electrons. The lowest BCUT2D eigenvalue weighted by atomic mass is 10.0. The number of amides is 3. The topological polar surface area (TPSA) is 200 Å². The van der Waals surface area contributed by atoms with Crippen LogP contribution in [0.2, 0.25) is 0 Å². The van der Waals surface area contributed by atoms with Gasteiger partial charge in [-0.1, -0.05) is 13.8 Å². The molecule has 0 bridgehead atoms. The van der Waals surface area contributed by atoms with Crippen LogP contribution in [0.3, 0.4) is 0 Å². The number of thioether (sulfide) groups is 1. The Morgan fingerprint density at radius 2 is 1.70 bits per heavy atom. The second kappa shape index (κ2) is 14.5. The summed E-state index contributed by atoms with van der Waals surface area (Å²) in [5.74, 6) is -2.66. The number of nitrogens with one attached hydrogen (secondary N) is 4. The van der Waals surface area contributed by atoms with E-state index in [2.05, 4.69) is 25.9 Å². The summed E-state index contributed by atoms with van der Waals surface area (Å²) in [6.07, 6.45) is 5.60. The van der Waals surface area contributed by atoms with Gasteiger partial charge in [0.1, 0.15) is 18.1 Å². The smallest absolute Gasteiger partial charge is 0.328 e.